The highest BCUT2D eigenvalue weighted by molar-refractivity contribution is 6.00. The molecule has 0 saturated heterocycles. The Hall–Kier alpha value is -3.22. The van der Waals surface area contributed by atoms with Gasteiger partial charge in [0.15, 0.2) is 6.61 Å². The van der Waals surface area contributed by atoms with Gasteiger partial charge < -0.3 is 9.15 Å². The second kappa shape index (κ2) is 7.77. The van der Waals surface area contributed by atoms with Gasteiger partial charge in [-0.2, -0.15) is 0 Å². The Morgan fingerprint density at radius 1 is 1.15 bits per heavy atom. The Kier molecular flexibility index (Phi) is 5.71. The Morgan fingerprint density at radius 2 is 1.85 bits per heavy atom. The van der Waals surface area contributed by atoms with E-state index in [1.165, 1.54) is 18.2 Å². The van der Waals surface area contributed by atoms with Crippen LogP contribution in [0.2, 0.25) is 0 Å². The second-order valence-corrected chi connectivity index (χ2v) is 5.91. The van der Waals surface area contributed by atoms with Gasteiger partial charge in [-0.15, -0.1) is 0 Å². The van der Waals surface area contributed by atoms with Crippen molar-refractivity contribution in [3.8, 4) is 0 Å². The highest BCUT2D eigenvalue weighted by Gasteiger charge is 2.15. The third-order valence-corrected chi connectivity index (χ3v) is 4.30. The van der Waals surface area contributed by atoms with Gasteiger partial charge in [0.1, 0.15) is 10.7 Å². The standard InChI is InChI=1S/C19H19NO6/c1-11-9-16(14(4)13(3)12(11)2)17(21)10-25-19(22)8-6-15-5-7-18(26-15)20(23)24/h5-9H,10H2,1-4H3/b8-6+. The lowest BCUT2D eigenvalue weighted by Gasteiger charge is -2.13. The molecule has 136 valence electrons. The molecule has 0 amide bonds. The molecule has 0 radical (unpaired) electrons. The number of ketones is 1. The van der Waals surface area contributed by atoms with Crippen molar-refractivity contribution in [2.75, 3.05) is 6.61 Å². The van der Waals surface area contributed by atoms with Gasteiger partial charge in [0.05, 0.1) is 6.07 Å². The quantitative estimate of drug-likeness (QED) is 0.256. The number of carbonyl (C=O) groups is 2. The Bertz CT molecular complexity index is 907. The fourth-order valence-corrected chi connectivity index (χ4v) is 2.44. The first-order chi connectivity index (χ1) is 12.2. The first-order valence-electron chi connectivity index (χ1n) is 7.90. The van der Waals surface area contributed by atoms with E-state index < -0.39 is 16.8 Å². The Morgan fingerprint density at radius 3 is 2.46 bits per heavy atom. The predicted molar refractivity (Wildman–Crippen MR) is 95.1 cm³/mol. The summed E-state index contributed by atoms with van der Waals surface area (Å²) in [6, 6.07) is 4.33. The Labute approximate surface area is 150 Å². The smallest absolute Gasteiger partial charge is 0.433 e. The molecular weight excluding hydrogens is 338 g/mol. The SMILES string of the molecule is Cc1cc(C(=O)COC(=O)/C=C/c2ccc([N+](=O)[O-])o2)c(C)c(C)c1C. The molecule has 0 spiro atoms. The maximum atomic E-state index is 12.3. The molecule has 0 saturated carbocycles. The normalized spacial score (nSPS) is 10.9. The van der Waals surface area contributed by atoms with Crippen molar-refractivity contribution >= 4 is 23.7 Å². The number of furan rings is 1. The molecule has 2 aromatic rings. The molecule has 0 atom stereocenters. The summed E-state index contributed by atoms with van der Waals surface area (Å²) in [6.45, 7) is 7.35. The minimum Gasteiger partial charge on any atom is -0.454 e. The van der Waals surface area contributed by atoms with Crippen LogP contribution < -0.4 is 0 Å². The van der Waals surface area contributed by atoms with Gasteiger partial charge >= 0.3 is 11.9 Å². The first kappa shape index (κ1) is 19.1. The lowest BCUT2D eigenvalue weighted by molar-refractivity contribution is -0.402. The van der Waals surface area contributed by atoms with Gasteiger partial charge in [-0.1, -0.05) is 0 Å². The monoisotopic (exact) mass is 357 g/mol. The highest BCUT2D eigenvalue weighted by Crippen LogP contribution is 2.21. The zero-order chi connectivity index (χ0) is 19.4. The summed E-state index contributed by atoms with van der Waals surface area (Å²) in [4.78, 5) is 33.9. The van der Waals surface area contributed by atoms with Crippen molar-refractivity contribution in [2.45, 2.75) is 27.7 Å². The van der Waals surface area contributed by atoms with Crippen LogP contribution in [0.3, 0.4) is 0 Å². The fraction of sp³-hybridized carbons (Fsp3) is 0.263. The molecule has 1 aromatic heterocycles. The van der Waals surface area contributed by atoms with E-state index in [9.17, 15) is 19.7 Å². The van der Waals surface area contributed by atoms with Crippen LogP contribution in [0.5, 0.6) is 0 Å². The molecule has 0 aliphatic rings. The number of hydrogen-bond donors (Lipinski definition) is 0. The van der Waals surface area contributed by atoms with Gasteiger partial charge in [0, 0.05) is 11.6 Å². The number of nitrogens with zero attached hydrogens (tertiary/aromatic N) is 1. The van der Waals surface area contributed by atoms with E-state index in [0.29, 0.717) is 5.56 Å². The molecule has 7 nitrogen and oxygen atoms in total. The number of benzene rings is 1. The molecule has 0 fully saturated rings. The van der Waals surface area contributed by atoms with Crippen LogP contribution >= 0.6 is 0 Å². The number of esters is 1. The Balaban J connectivity index is 2.00. The van der Waals surface area contributed by atoms with E-state index in [2.05, 4.69) is 0 Å². The third-order valence-electron chi connectivity index (χ3n) is 4.30. The molecule has 0 N–H and O–H groups in total. The van der Waals surface area contributed by atoms with Crippen molar-refractivity contribution in [3.05, 3.63) is 68.0 Å². The molecule has 2 rings (SSSR count). The van der Waals surface area contributed by atoms with E-state index >= 15 is 0 Å². The minimum atomic E-state index is -0.740. The van der Waals surface area contributed by atoms with Gasteiger partial charge in [0.25, 0.3) is 0 Å². The molecule has 0 bridgehead atoms. The maximum Gasteiger partial charge on any atom is 0.433 e. The summed E-state index contributed by atoms with van der Waals surface area (Å²) < 4.78 is 9.83. The van der Waals surface area contributed by atoms with Crippen LogP contribution in [0.25, 0.3) is 6.08 Å². The molecule has 1 heterocycles. The summed E-state index contributed by atoms with van der Waals surface area (Å²) >= 11 is 0. The van der Waals surface area contributed by atoms with Crippen LogP contribution in [0.15, 0.2) is 28.7 Å². The van der Waals surface area contributed by atoms with Crippen molar-refractivity contribution in [1.82, 2.24) is 0 Å². The minimum absolute atomic E-state index is 0.139. The maximum absolute atomic E-state index is 12.3. The van der Waals surface area contributed by atoms with Gasteiger partial charge in [-0.3, -0.25) is 14.9 Å². The summed E-state index contributed by atoms with van der Waals surface area (Å²) in [5.41, 5.74) is 4.57. The number of rotatable bonds is 6. The largest absolute Gasteiger partial charge is 0.454 e. The predicted octanol–water partition coefficient (Wildman–Crippen LogP) is 3.86. The van der Waals surface area contributed by atoms with E-state index in [1.807, 2.05) is 27.7 Å². The molecule has 0 aliphatic carbocycles. The number of carbonyl (C=O) groups excluding carboxylic acids is 2. The van der Waals surface area contributed by atoms with Gasteiger partial charge in [-0.25, -0.2) is 4.79 Å². The van der Waals surface area contributed by atoms with Crippen LogP contribution in [-0.2, 0) is 9.53 Å². The lowest BCUT2D eigenvalue weighted by Crippen LogP contribution is -2.15. The van der Waals surface area contributed by atoms with Crippen molar-refractivity contribution in [3.63, 3.8) is 0 Å². The van der Waals surface area contributed by atoms with E-state index in [-0.39, 0.29) is 18.2 Å². The van der Waals surface area contributed by atoms with E-state index in [1.54, 1.807) is 6.07 Å². The highest BCUT2D eigenvalue weighted by atomic mass is 16.6. The van der Waals surface area contributed by atoms with Gasteiger partial charge in [0.2, 0.25) is 5.78 Å². The summed E-state index contributed by atoms with van der Waals surface area (Å²) in [5.74, 6) is -1.31. The molecule has 26 heavy (non-hydrogen) atoms. The third kappa shape index (κ3) is 4.24. The topological polar surface area (TPSA) is 99.7 Å². The number of hydrogen-bond acceptors (Lipinski definition) is 6. The molecule has 0 aliphatic heterocycles. The lowest BCUT2D eigenvalue weighted by atomic mass is 9.93. The zero-order valence-corrected chi connectivity index (χ0v) is 15.0. The zero-order valence-electron chi connectivity index (χ0n) is 15.0. The summed E-state index contributed by atoms with van der Waals surface area (Å²) in [5, 5.41) is 10.5. The van der Waals surface area contributed by atoms with E-state index in [4.69, 9.17) is 9.15 Å². The van der Waals surface area contributed by atoms with Crippen LogP contribution in [-0.4, -0.2) is 23.3 Å². The number of Topliss-reactive ketones (excluding diaryl/α,β-unsaturated/α-hetero) is 1. The van der Waals surface area contributed by atoms with Crippen LogP contribution in [0.4, 0.5) is 5.88 Å². The number of aryl methyl sites for hydroxylation is 1. The van der Waals surface area contributed by atoms with Crippen molar-refractivity contribution in [1.29, 1.82) is 0 Å². The molecule has 1 aromatic carbocycles. The average molecular weight is 357 g/mol. The molecule has 7 heteroatoms. The van der Waals surface area contributed by atoms with Gasteiger partial charge in [-0.05, 0) is 68.2 Å². The van der Waals surface area contributed by atoms with Crippen molar-refractivity contribution in [2.24, 2.45) is 0 Å². The molecular formula is C19H19NO6. The van der Waals surface area contributed by atoms with Crippen molar-refractivity contribution < 1.29 is 23.7 Å². The number of ether oxygens (including phenoxy) is 1. The van der Waals surface area contributed by atoms with Crippen LogP contribution in [0, 0.1) is 37.8 Å². The second-order valence-electron chi connectivity index (χ2n) is 5.91. The first-order valence-corrected chi connectivity index (χ1v) is 7.90. The van der Waals surface area contributed by atoms with E-state index in [0.717, 1.165) is 28.3 Å². The summed E-state index contributed by atoms with van der Waals surface area (Å²) in [7, 11) is 0. The number of nitro groups is 1. The average Bonchev–Trinajstić information content (AvgIpc) is 3.08. The fourth-order valence-electron chi connectivity index (χ4n) is 2.44. The molecule has 0 unspecified atom stereocenters. The summed E-state index contributed by atoms with van der Waals surface area (Å²) in [6.07, 6.45) is 2.29. The van der Waals surface area contributed by atoms with Crippen LogP contribution in [0.1, 0.15) is 38.4 Å².